The normalized spacial score (nSPS) is 13.5. The van der Waals surface area contributed by atoms with Crippen molar-refractivity contribution < 1.29 is 19.4 Å². The number of aromatic carboxylic acids is 1. The summed E-state index contributed by atoms with van der Waals surface area (Å²) in [5.74, 6) is -1.43. The third-order valence-corrected chi connectivity index (χ3v) is 4.34. The summed E-state index contributed by atoms with van der Waals surface area (Å²) in [6.45, 7) is 0.156. The molecule has 1 aliphatic heterocycles. The van der Waals surface area contributed by atoms with E-state index in [1.54, 1.807) is 0 Å². The van der Waals surface area contributed by atoms with Gasteiger partial charge in [0.2, 0.25) is 0 Å². The van der Waals surface area contributed by atoms with Gasteiger partial charge in [0.15, 0.2) is 12.4 Å². The first-order chi connectivity index (χ1) is 12.5. The van der Waals surface area contributed by atoms with Gasteiger partial charge in [0.25, 0.3) is 5.91 Å². The van der Waals surface area contributed by atoms with Crippen molar-refractivity contribution in [1.29, 1.82) is 0 Å². The van der Waals surface area contributed by atoms with Crippen LogP contribution in [0.1, 0.15) is 22.3 Å². The van der Waals surface area contributed by atoms with Crippen LogP contribution in [0.5, 0.6) is 5.75 Å². The van der Waals surface area contributed by atoms with Crippen molar-refractivity contribution in [3.63, 3.8) is 0 Å². The molecule has 1 heterocycles. The zero-order valence-electron chi connectivity index (χ0n) is 13.5. The molecular formula is C18H14Cl2N2O4. The zero-order valence-corrected chi connectivity index (χ0v) is 15.0. The van der Waals surface area contributed by atoms with E-state index >= 15 is 0 Å². The third kappa shape index (κ3) is 3.98. The number of halogens is 2. The fourth-order valence-electron chi connectivity index (χ4n) is 2.50. The first-order valence-corrected chi connectivity index (χ1v) is 8.49. The van der Waals surface area contributed by atoms with Crippen LogP contribution in [0.15, 0.2) is 47.6 Å². The summed E-state index contributed by atoms with van der Waals surface area (Å²) in [5.41, 5.74) is 1.75. The van der Waals surface area contributed by atoms with Gasteiger partial charge in [0.1, 0.15) is 0 Å². The Labute approximate surface area is 159 Å². The van der Waals surface area contributed by atoms with Crippen molar-refractivity contribution in [3.05, 3.63) is 63.6 Å². The number of nitrogens with zero attached hydrogens (tertiary/aromatic N) is 2. The molecule has 8 heteroatoms. The van der Waals surface area contributed by atoms with Crippen LogP contribution in [0.25, 0.3) is 0 Å². The van der Waals surface area contributed by atoms with E-state index in [4.69, 9.17) is 33.0 Å². The minimum atomic E-state index is -1.16. The quantitative estimate of drug-likeness (QED) is 0.840. The van der Waals surface area contributed by atoms with E-state index in [0.29, 0.717) is 13.0 Å². The minimum absolute atomic E-state index is 0.0256. The first-order valence-electron chi connectivity index (χ1n) is 7.74. The SMILES string of the molecule is O=C(O)c1cc(Cl)c(OCC(=O)N2CCC(c3ccccc3)=N2)c(Cl)c1. The van der Waals surface area contributed by atoms with Gasteiger partial charge in [0.05, 0.1) is 27.9 Å². The molecule has 0 radical (unpaired) electrons. The number of carbonyl (C=O) groups is 2. The Hall–Kier alpha value is -2.57. The summed E-state index contributed by atoms with van der Waals surface area (Å²) in [5, 5.41) is 14.7. The topological polar surface area (TPSA) is 79.2 Å². The molecule has 0 spiro atoms. The second-order valence-electron chi connectivity index (χ2n) is 5.54. The van der Waals surface area contributed by atoms with E-state index in [1.165, 1.54) is 17.1 Å². The molecule has 26 heavy (non-hydrogen) atoms. The van der Waals surface area contributed by atoms with Crippen LogP contribution in [0.4, 0.5) is 0 Å². The number of carbonyl (C=O) groups excluding carboxylic acids is 1. The molecule has 0 saturated carbocycles. The van der Waals surface area contributed by atoms with E-state index in [0.717, 1.165) is 11.3 Å². The molecule has 0 bridgehead atoms. The highest BCUT2D eigenvalue weighted by atomic mass is 35.5. The van der Waals surface area contributed by atoms with Gasteiger partial charge >= 0.3 is 5.97 Å². The maximum Gasteiger partial charge on any atom is 0.335 e. The fourth-order valence-corrected chi connectivity index (χ4v) is 3.10. The summed E-state index contributed by atoms with van der Waals surface area (Å²) in [6, 6.07) is 12.1. The molecule has 2 aromatic rings. The molecule has 0 aromatic heterocycles. The second kappa shape index (κ2) is 7.76. The van der Waals surface area contributed by atoms with Crippen LogP contribution in [0.2, 0.25) is 10.0 Å². The van der Waals surface area contributed by atoms with Crippen molar-refractivity contribution in [2.24, 2.45) is 5.10 Å². The predicted octanol–water partition coefficient (Wildman–Crippen LogP) is 3.71. The number of carboxylic acids is 1. The Balaban J connectivity index is 1.67. The van der Waals surface area contributed by atoms with Gasteiger partial charge in [-0.1, -0.05) is 53.5 Å². The molecule has 0 atom stereocenters. The van der Waals surface area contributed by atoms with Crippen LogP contribution in [0, 0.1) is 0 Å². The van der Waals surface area contributed by atoms with Gasteiger partial charge in [-0.25, -0.2) is 9.80 Å². The fraction of sp³-hybridized carbons (Fsp3) is 0.167. The van der Waals surface area contributed by atoms with E-state index < -0.39 is 5.97 Å². The Bertz CT molecular complexity index is 861. The molecule has 134 valence electrons. The number of hydrogen-bond donors (Lipinski definition) is 1. The van der Waals surface area contributed by atoms with Crippen LogP contribution >= 0.6 is 23.2 Å². The van der Waals surface area contributed by atoms with Gasteiger partial charge in [0, 0.05) is 6.42 Å². The standard InChI is InChI=1S/C18H14Cl2N2O4/c19-13-8-12(18(24)25)9-14(20)17(13)26-10-16(23)22-7-6-15(21-22)11-4-2-1-3-5-11/h1-5,8-9H,6-7,10H2,(H,24,25). The van der Waals surface area contributed by atoms with Crippen molar-refractivity contribution in [3.8, 4) is 5.75 Å². The van der Waals surface area contributed by atoms with Crippen molar-refractivity contribution in [1.82, 2.24) is 5.01 Å². The molecule has 6 nitrogen and oxygen atoms in total. The average Bonchev–Trinajstić information content (AvgIpc) is 3.11. The number of benzene rings is 2. The lowest BCUT2D eigenvalue weighted by molar-refractivity contribution is -0.132. The number of carboxylic acid groups (broad SMARTS) is 1. The molecule has 1 amide bonds. The van der Waals surface area contributed by atoms with Crippen molar-refractivity contribution in [2.45, 2.75) is 6.42 Å². The summed E-state index contributed by atoms with van der Waals surface area (Å²) in [7, 11) is 0. The maximum atomic E-state index is 12.3. The highest BCUT2D eigenvalue weighted by molar-refractivity contribution is 6.37. The van der Waals surface area contributed by atoms with E-state index in [-0.39, 0.29) is 33.9 Å². The molecule has 1 aliphatic rings. The molecule has 0 saturated heterocycles. The number of rotatable bonds is 5. The molecule has 1 N–H and O–H groups in total. The van der Waals surface area contributed by atoms with E-state index in [2.05, 4.69) is 5.10 Å². The van der Waals surface area contributed by atoms with Gasteiger partial charge in [-0.15, -0.1) is 0 Å². The molecule has 2 aromatic carbocycles. The summed E-state index contributed by atoms with van der Waals surface area (Å²) >= 11 is 12.0. The highest BCUT2D eigenvalue weighted by Crippen LogP contribution is 2.34. The monoisotopic (exact) mass is 392 g/mol. The number of hydrogen-bond acceptors (Lipinski definition) is 4. The Morgan fingerprint density at radius 1 is 1.15 bits per heavy atom. The molecule has 3 rings (SSSR count). The lowest BCUT2D eigenvalue weighted by Crippen LogP contribution is -2.29. The minimum Gasteiger partial charge on any atom is -0.481 e. The number of hydrazone groups is 1. The van der Waals surface area contributed by atoms with Gasteiger partial charge < -0.3 is 9.84 Å². The van der Waals surface area contributed by atoms with Crippen LogP contribution in [0.3, 0.4) is 0 Å². The average molecular weight is 393 g/mol. The largest absolute Gasteiger partial charge is 0.481 e. The lowest BCUT2D eigenvalue weighted by Gasteiger charge is -2.14. The molecule has 0 aliphatic carbocycles. The van der Waals surface area contributed by atoms with Crippen LogP contribution < -0.4 is 4.74 Å². The van der Waals surface area contributed by atoms with E-state index in [9.17, 15) is 9.59 Å². The Kier molecular flexibility index (Phi) is 5.44. The number of ether oxygens (including phenoxy) is 1. The van der Waals surface area contributed by atoms with Gasteiger partial charge in [-0.05, 0) is 17.7 Å². The zero-order chi connectivity index (χ0) is 18.7. The van der Waals surface area contributed by atoms with Crippen molar-refractivity contribution in [2.75, 3.05) is 13.2 Å². The van der Waals surface area contributed by atoms with Crippen LogP contribution in [-0.2, 0) is 4.79 Å². The molecular weight excluding hydrogens is 379 g/mol. The highest BCUT2D eigenvalue weighted by Gasteiger charge is 2.23. The summed E-state index contributed by atoms with van der Waals surface area (Å²) < 4.78 is 5.40. The van der Waals surface area contributed by atoms with Gasteiger partial charge in [-0.3, -0.25) is 4.79 Å². The van der Waals surface area contributed by atoms with Crippen LogP contribution in [-0.4, -0.2) is 40.9 Å². The van der Waals surface area contributed by atoms with Gasteiger partial charge in [-0.2, -0.15) is 5.10 Å². The van der Waals surface area contributed by atoms with E-state index in [1.807, 2.05) is 30.3 Å². The predicted molar refractivity (Wildman–Crippen MR) is 98.2 cm³/mol. The second-order valence-corrected chi connectivity index (χ2v) is 6.36. The Morgan fingerprint density at radius 2 is 1.81 bits per heavy atom. The Morgan fingerprint density at radius 3 is 2.42 bits per heavy atom. The lowest BCUT2D eigenvalue weighted by atomic mass is 10.1. The summed E-state index contributed by atoms with van der Waals surface area (Å²) in [6.07, 6.45) is 0.657. The smallest absolute Gasteiger partial charge is 0.335 e. The molecule has 0 unspecified atom stereocenters. The summed E-state index contributed by atoms with van der Waals surface area (Å²) in [4.78, 5) is 23.3. The molecule has 0 fully saturated rings. The van der Waals surface area contributed by atoms with Crippen molar-refractivity contribution >= 4 is 40.8 Å². The number of amides is 1. The third-order valence-electron chi connectivity index (χ3n) is 3.78. The maximum absolute atomic E-state index is 12.3. The first kappa shape index (κ1) is 18.2.